The Morgan fingerprint density at radius 2 is 1.27 bits per heavy atom. The fourth-order valence-corrected chi connectivity index (χ4v) is 8.12. The minimum absolute atomic E-state index is 0.0985. The third-order valence-electron chi connectivity index (χ3n) is 12.3. The number of ether oxygens (including phenoxy) is 4. The molecule has 19 atom stereocenters. The summed E-state index contributed by atoms with van der Waals surface area (Å²) < 4.78 is 23.5. The minimum atomic E-state index is -2.24. The molecule has 378 valence electrons. The summed E-state index contributed by atoms with van der Waals surface area (Å²) >= 11 is 0. The zero-order valence-corrected chi connectivity index (χ0v) is 38.7. The highest BCUT2D eigenvalue weighted by atomic mass is 16.7. The molecule has 0 unspecified atom stereocenters. The van der Waals surface area contributed by atoms with Crippen LogP contribution in [0.4, 0.5) is 0 Å². The van der Waals surface area contributed by atoms with Crippen LogP contribution in [0.25, 0.3) is 0 Å². The number of hydrogen-bond donors (Lipinski definition) is 12. The van der Waals surface area contributed by atoms with Gasteiger partial charge in [0.15, 0.2) is 12.1 Å². The molecule has 3 rings (SSSR count). The van der Waals surface area contributed by atoms with E-state index in [1.54, 1.807) is 75.5 Å². The number of hydrogen-bond acceptors (Lipinski definition) is 17. The largest absolute Gasteiger partial charge is 0.478 e. The number of aliphatic hydroxyl groups excluding tert-OH is 9. The number of carbonyl (C=O) groups excluding carboxylic acids is 1. The molecule has 0 spiro atoms. The van der Waals surface area contributed by atoms with Gasteiger partial charge in [0.25, 0.3) is 0 Å². The number of cyclic esters (lactones) is 1. The molecular formula is C49H75NO17. The fraction of sp³-hybridized carbons (Fsp3) is 0.633. The van der Waals surface area contributed by atoms with E-state index in [1.165, 1.54) is 6.08 Å². The number of nitrogens with two attached hydrogens (primary N) is 1. The van der Waals surface area contributed by atoms with Crippen LogP contribution in [0.15, 0.2) is 97.2 Å². The molecular weight excluding hydrogens is 875 g/mol. The van der Waals surface area contributed by atoms with Gasteiger partial charge in [0.05, 0.1) is 79.6 Å². The first-order valence-electron chi connectivity index (χ1n) is 23.0. The molecule has 2 fully saturated rings. The predicted octanol–water partition coefficient (Wildman–Crippen LogP) is 1.27. The van der Waals surface area contributed by atoms with Crippen molar-refractivity contribution in [2.45, 2.75) is 177 Å². The number of aliphatic carboxylic acids is 1. The predicted molar refractivity (Wildman–Crippen MR) is 246 cm³/mol. The Morgan fingerprint density at radius 3 is 1.87 bits per heavy atom. The van der Waals surface area contributed by atoms with Crippen LogP contribution in [0.3, 0.4) is 0 Å². The van der Waals surface area contributed by atoms with Gasteiger partial charge in [-0.05, 0) is 33.1 Å². The molecule has 2 saturated heterocycles. The van der Waals surface area contributed by atoms with Gasteiger partial charge in [-0.25, -0.2) is 4.79 Å². The van der Waals surface area contributed by atoms with E-state index in [2.05, 4.69) is 0 Å². The number of rotatable bonds is 4. The van der Waals surface area contributed by atoms with Gasteiger partial charge in [0.1, 0.15) is 12.2 Å². The maximum Gasteiger partial charge on any atom is 0.327 e. The first-order chi connectivity index (χ1) is 31.6. The summed E-state index contributed by atoms with van der Waals surface area (Å²) in [4.78, 5) is 24.2. The summed E-state index contributed by atoms with van der Waals surface area (Å²) in [7, 11) is 0. The second kappa shape index (κ2) is 28.7. The Labute approximate surface area is 393 Å². The van der Waals surface area contributed by atoms with Crippen LogP contribution < -0.4 is 5.73 Å². The van der Waals surface area contributed by atoms with E-state index in [4.69, 9.17) is 24.7 Å². The molecule has 13 N–H and O–H groups in total. The Balaban J connectivity index is 1.90. The lowest BCUT2D eigenvalue weighted by molar-refractivity contribution is -0.306. The van der Waals surface area contributed by atoms with Crippen LogP contribution in [0, 0.1) is 17.8 Å². The van der Waals surface area contributed by atoms with Gasteiger partial charge in [0.2, 0.25) is 0 Å². The molecule has 2 bridgehead atoms. The summed E-state index contributed by atoms with van der Waals surface area (Å²) in [6.07, 6.45) is 6.97. The standard InChI is InChI=1S/C49H75NO17/c1-29-17-15-13-11-9-7-5-6-8-10-12-14-16-18-36(66-48-47(62)44(50)46(61)32(4)65-48)26-41-37(20-22-42(57)58)40(56)28-49(63,67-41)27-35(53)24-39(55)38(54)21-19-33(51)23-34(52)25-43(59)64-31(3)30(2)45(29)60/h5-18,20,22,29-41,44-48,51-56,60-63H,19,21,23-28,50H2,1-4H3,(H,57,58)/b6-5+,9-7+,10-8+,13-11+,14-12+,17-15-,18-16+,22-20+/t29-,30-,31-,32+,33+,34+,35-,36-,37+,38+,39+,40-,41-,44-,45+,46+,47-,48-,49+/m0/s1. The third kappa shape index (κ3) is 20.0. The van der Waals surface area contributed by atoms with Crippen LogP contribution >= 0.6 is 0 Å². The van der Waals surface area contributed by atoms with Crippen molar-refractivity contribution in [3.05, 3.63) is 97.2 Å². The average Bonchev–Trinajstić information content (AvgIpc) is 3.24. The number of esters is 1. The summed E-state index contributed by atoms with van der Waals surface area (Å²) in [6.45, 7) is 6.77. The number of carboxylic acids is 1. The summed E-state index contributed by atoms with van der Waals surface area (Å²) in [5.74, 6) is -6.04. The Hall–Kier alpha value is -3.70. The highest BCUT2D eigenvalue weighted by Crippen LogP contribution is 2.38. The molecule has 3 aliphatic heterocycles. The van der Waals surface area contributed by atoms with E-state index in [1.807, 2.05) is 37.3 Å². The van der Waals surface area contributed by atoms with Crippen molar-refractivity contribution in [1.29, 1.82) is 0 Å². The van der Waals surface area contributed by atoms with Crippen LogP contribution in [-0.2, 0) is 28.5 Å². The quantitative estimate of drug-likeness (QED) is 0.139. The summed E-state index contributed by atoms with van der Waals surface area (Å²) in [5, 5.41) is 118. The molecule has 0 aromatic carbocycles. The zero-order valence-electron chi connectivity index (χ0n) is 38.7. The highest BCUT2D eigenvalue weighted by Gasteiger charge is 2.48. The van der Waals surface area contributed by atoms with Gasteiger partial charge in [0, 0.05) is 49.5 Å². The van der Waals surface area contributed by atoms with Gasteiger partial charge in [-0.15, -0.1) is 0 Å². The molecule has 0 aromatic rings. The number of carbonyl (C=O) groups is 2. The van der Waals surface area contributed by atoms with Crippen molar-refractivity contribution < 1.29 is 84.7 Å². The minimum Gasteiger partial charge on any atom is -0.478 e. The molecule has 3 aliphatic rings. The van der Waals surface area contributed by atoms with Gasteiger partial charge in [-0.1, -0.05) is 105 Å². The Bertz CT molecular complexity index is 1750. The molecule has 0 aliphatic carbocycles. The maximum atomic E-state index is 12.6. The Kier molecular flexibility index (Phi) is 24.7. The molecule has 18 heteroatoms. The fourth-order valence-electron chi connectivity index (χ4n) is 8.12. The van der Waals surface area contributed by atoms with Crippen LogP contribution in [0.2, 0.25) is 0 Å². The molecule has 0 amide bonds. The smallest absolute Gasteiger partial charge is 0.327 e. The second-order valence-electron chi connectivity index (χ2n) is 18.0. The lowest BCUT2D eigenvalue weighted by atomic mass is 9.82. The third-order valence-corrected chi connectivity index (χ3v) is 12.3. The van der Waals surface area contributed by atoms with Gasteiger partial charge >= 0.3 is 11.9 Å². The van der Waals surface area contributed by atoms with Gasteiger partial charge < -0.3 is 80.9 Å². The second-order valence-corrected chi connectivity index (χ2v) is 18.0. The summed E-state index contributed by atoms with van der Waals surface area (Å²) in [5.41, 5.74) is 6.06. The van der Waals surface area contributed by atoms with Crippen molar-refractivity contribution in [2.24, 2.45) is 23.5 Å². The number of fused-ring (bicyclic) bond motifs is 2. The first kappa shape index (κ1) is 57.6. The van der Waals surface area contributed by atoms with E-state index in [-0.39, 0.29) is 31.6 Å². The van der Waals surface area contributed by atoms with Crippen molar-refractivity contribution >= 4 is 11.9 Å². The molecule has 3 heterocycles. The van der Waals surface area contributed by atoms with Gasteiger partial charge in [-0.3, -0.25) is 4.79 Å². The van der Waals surface area contributed by atoms with Crippen LogP contribution in [0.5, 0.6) is 0 Å². The topological polar surface area (TPSA) is 320 Å². The lowest BCUT2D eigenvalue weighted by Gasteiger charge is -2.46. The van der Waals surface area contributed by atoms with Crippen LogP contribution in [-0.4, -0.2) is 166 Å². The first-order valence-corrected chi connectivity index (χ1v) is 23.0. The number of aliphatic hydroxyl groups is 10. The Morgan fingerprint density at radius 1 is 0.687 bits per heavy atom. The molecule has 0 saturated carbocycles. The van der Waals surface area contributed by atoms with E-state index in [9.17, 15) is 65.8 Å². The highest BCUT2D eigenvalue weighted by molar-refractivity contribution is 5.79. The average molecular weight is 950 g/mol. The zero-order chi connectivity index (χ0) is 49.8. The number of carboxylic acid groups (broad SMARTS) is 1. The molecule has 18 nitrogen and oxygen atoms in total. The van der Waals surface area contributed by atoms with Crippen LogP contribution in [0.1, 0.15) is 79.1 Å². The van der Waals surface area contributed by atoms with Crippen molar-refractivity contribution in [2.75, 3.05) is 0 Å². The summed E-state index contributed by atoms with van der Waals surface area (Å²) in [6, 6.07) is -1.13. The van der Waals surface area contributed by atoms with Crippen molar-refractivity contribution in [3.8, 4) is 0 Å². The van der Waals surface area contributed by atoms with Crippen molar-refractivity contribution in [3.63, 3.8) is 0 Å². The van der Waals surface area contributed by atoms with E-state index in [0.29, 0.717) is 0 Å². The number of allylic oxidation sites excluding steroid dienone is 12. The van der Waals surface area contributed by atoms with E-state index < -0.39 is 147 Å². The van der Waals surface area contributed by atoms with E-state index in [0.717, 1.165) is 6.08 Å². The van der Waals surface area contributed by atoms with Gasteiger partial charge in [-0.2, -0.15) is 0 Å². The monoisotopic (exact) mass is 950 g/mol. The SMILES string of the molecule is C[C@@H]1[C@H](O)[C@@H](C)\C=C/C=C/C=C/C=C/C=C/C=C/C=C/[C@H](O[C@@H]2O[C@H](C)[C@@H](O)[C@H](N)[C@@H]2O)C[C@@H]2O[C@](O)(C[C@@H](O)C[C@@H](O)[C@H](O)CC[C@@H](O)C[C@@H](O)CC(=O)O[C@H]1C)C[C@H](O)[C@H]2/C=C/C(=O)O. The van der Waals surface area contributed by atoms with E-state index >= 15 is 0 Å². The van der Waals surface area contributed by atoms with Crippen molar-refractivity contribution in [1.82, 2.24) is 0 Å². The normalized spacial score (nSPS) is 44.6. The molecule has 0 radical (unpaired) electrons. The maximum absolute atomic E-state index is 12.6. The lowest BCUT2D eigenvalue weighted by Crippen LogP contribution is -2.61. The molecule has 67 heavy (non-hydrogen) atoms. The molecule has 0 aromatic heterocycles.